The van der Waals surface area contributed by atoms with Gasteiger partial charge in [0, 0.05) is 11.4 Å². The van der Waals surface area contributed by atoms with Crippen molar-refractivity contribution in [1.82, 2.24) is 4.90 Å². The van der Waals surface area contributed by atoms with Crippen molar-refractivity contribution >= 4 is 17.7 Å². The van der Waals surface area contributed by atoms with E-state index in [2.05, 4.69) is 18.2 Å². The van der Waals surface area contributed by atoms with Crippen LogP contribution in [0.4, 0.5) is 0 Å². The van der Waals surface area contributed by atoms with E-state index in [9.17, 15) is 9.90 Å². The summed E-state index contributed by atoms with van der Waals surface area (Å²) in [5.41, 5.74) is 2.93. The number of benzene rings is 1. The standard InChI is InChI=1S/C16H21NO2S/c18-10-14-5-2-8-17(14)16(19)11-20-15-7-6-12-3-1-4-13(12)9-15/h6-7,9,14,18H,1-5,8,10-11H2/t14-/m1/s1. The van der Waals surface area contributed by atoms with Crippen LogP contribution in [0.25, 0.3) is 0 Å². The molecule has 0 saturated carbocycles. The van der Waals surface area contributed by atoms with Gasteiger partial charge in [-0.05, 0) is 55.4 Å². The number of hydrogen-bond donors (Lipinski definition) is 1. The molecule has 0 bridgehead atoms. The second-order valence-electron chi connectivity index (χ2n) is 5.64. The van der Waals surface area contributed by atoms with Gasteiger partial charge in [0.25, 0.3) is 0 Å². The number of carbonyl (C=O) groups excluding carboxylic acids is 1. The predicted octanol–water partition coefficient (Wildman–Crippen LogP) is 2.25. The van der Waals surface area contributed by atoms with Gasteiger partial charge in [-0.3, -0.25) is 4.79 Å². The molecule has 1 atom stereocenters. The second kappa shape index (κ2) is 6.19. The largest absolute Gasteiger partial charge is 0.394 e. The summed E-state index contributed by atoms with van der Waals surface area (Å²) in [5.74, 6) is 0.641. The predicted molar refractivity (Wildman–Crippen MR) is 81.0 cm³/mol. The number of aryl methyl sites for hydroxylation is 2. The first-order valence-electron chi connectivity index (χ1n) is 7.43. The van der Waals surface area contributed by atoms with Crippen LogP contribution in [0.1, 0.15) is 30.4 Å². The summed E-state index contributed by atoms with van der Waals surface area (Å²) >= 11 is 1.62. The average molecular weight is 291 g/mol. The Kier molecular flexibility index (Phi) is 4.32. The Morgan fingerprint density at radius 1 is 1.30 bits per heavy atom. The molecule has 1 aliphatic heterocycles. The summed E-state index contributed by atoms with van der Waals surface area (Å²) in [7, 11) is 0. The van der Waals surface area contributed by atoms with E-state index in [0.29, 0.717) is 5.75 Å². The number of amides is 1. The van der Waals surface area contributed by atoms with Crippen molar-refractivity contribution in [1.29, 1.82) is 0 Å². The maximum Gasteiger partial charge on any atom is 0.233 e. The van der Waals surface area contributed by atoms with Gasteiger partial charge in [-0.15, -0.1) is 11.8 Å². The molecule has 108 valence electrons. The lowest BCUT2D eigenvalue weighted by molar-refractivity contribution is -0.129. The van der Waals surface area contributed by atoms with Crippen molar-refractivity contribution in [2.75, 3.05) is 18.9 Å². The van der Waals surface area contributed by atoms with E-state index in [1.54, 1.807) is 11.8 Å². The maximum absolute atomic E-state index is 12.2. The van der Waals surface area contributed by atoms with Crippen molar-refractivity contribution in [2.45, 2.75) is 43.0 Å². The zero-order valence-corrected chi connectivity index (χ0v) is 12.5. The number of rotatable bonds is 4. The minimum absolute atomic E-state index is 0.0446. The van der Waals surface area contributed by atoms with Gasteiger partial charge in [0.2, 0.25) is 5.91 Å². The highest BCUT2D eigenvalue weighted by Gasteiger charge is 2.27. The van der Waals surface area contributed by atoms with E-state index in [1.165, 1.54) is 35.3 Å². The molecule has 1 aromatic carbocycles. The van der Waals surface area contributed by atoms with Gasteiger partial charge in [-0.2, -0.15) is 0 Å². The van der Waals surface area contributed by atoms with Crippen LogP contribution in [0, 0.1) is 0 Å². The number of aliphatic hydroxyl groups excluding tert-OH is 1. The fourth-order valence-corrected chi connectivity index (χ4v) is 4.07. The molecule has 1 fully saturated rings. The Labute approximate surface area is 124 Å². The first-order valence-corrected chi connectivity index (χ1v) is 8.41. The third kappa shape index (κ3) is 2.86. The van der Waals surface area contributed by atoms with Crippen molar-refractivity contribution in [3.05, 3.63) is 29.3 Å². The Bertz CT molecular complexity index is 503. The molecule has 4 heteroatoms. The van der Waals surface area contributed by atoms with Crippen LogP contribution in [0.15, 0.2) is 23.1 Å². The fourth-order valence-electron chi connectivity index (χ4n) is 3.22. The number of fused-ring (bicyclic) bond motifs is 1. The van der Waals surface area contributed by atoms with Gasteiger partial charge >= 0.3 is 0 Å². The number of likely N-dealkylation sites (tertiary alicyclic amines) is 1. The monoisotopic (exact) mass is 291 g/mol. The fraction of sp³-hybridized carbons (Fsp3) is 0.562. The minimum Gasteiger partial charge on any atom is -0.394 e. The molecule has 3 rings (SSSR count). The van der Waals surface area contributed by atoms with Gasteiger partial charge in [-0.1, -0.05) is 6.07 Å². The van der Waals surface area contributed by atoms with Gasteiger partial charge < -0.3 is 10.0 Å². The topological polar surface area (TPSA) is 40.5 Å². The van der Waals surface area contributed by atoms with Crippen LogP contribution in [0.5, 0.6) is 0 Å². The number of hydrogen-bond acceptors (Lipinski definition) is 3. The van der Waals surface area contributed by atoms with Gasteiger partial charge in [0.1, 0.15) is 0 Å². The maximum atomic E-state index is 12.2. The zero-order chi connectivity index (χ0) is 13.9. The molecule has 1 aliphatic carbocycles. The molecule has 3 nitrogen and oxygen atoms in total. The van der Waals surface area contributed by atoms with Crippen LogP contribution >= 0.6 is 11.8 Å². The molecule has 20 heavy (non-hydrogen) atoms. The van der Waals surface area contributed by atoms with Gasteiger partial charge in [0.05, 0.1) is 18.4 Å². The lowest BCUT2D eigenvalue weighted by Crippen LogP contribution is -2.38. The Hall–Kier alpha value is -1.00. The summed E-state index contributed by atoms with van der Waals surface area (Å²) in [6.07, 6.45) is 5.59. The summed E-state index contributed by atoms with van der Waals surface area (Å²) in [6.45, 7) is 0.893. The van der Waals surface area contributed by atoms with E-state index >= 15 is 0 Å². The lowest BCUT2D eigenvalue weighted by Gasteiger charge is -2.22. The van der Waals surface area contributed by atoms with E-state index in [1.807, 2.05) is 4.90 Å². The Morgan fingerprint density at radius 3 is 3.00 bits per heavy atom. The first kappa shape index (κ1) is 14.0. The van der Waals surface area contributed by atoms with Gasteiger partial charge in [0.15, 0.2) is 0 Å². The van der Waals surface area contributed by atoms with Crippen molar-refractivity contribution in [3.8, 4) is 0 Å². The molecular weight excluding hydrogens is 270 g/mol. The van der Waals surface area contributed by atoms with Crippen LogP contribution in [-0.2, 0) is 17.6 Å². The normalized spacial score (nSPS) is 21.2. The van der Waals surface area contributed by atoms with Crippen LogP contribution in [0.3, 0.4) is 0 Å². The molecule has 1 amide bonds. The van der Waals surface area contributed by atoms with E-state index < -0.39 is 0 Å². The number of carbonyl (C=O) groups is 1. The van der Waals surface area contributed by atoms with Crippen LogP contribution < -0.4 is 0 Å². The average Bonchev–Trinajstić information content (AvgIpc) is 3.12. The molecule has 1 heterocycles. The highest BCUT2D eigenvalue weighted by Crippen LogP contribution is 2.28. The summed E-state index contributed by atoms with van der Waals surface area (Å²) in [6, 6.07) is 6.63. The van der Waals surface area contributed by atoms with Crippen molar-refractivity contribution in [2.24, 2.45) is 0 Å². The van der Waals surface area contributed by atoms with Gasteiger partial charge in [-0.25, -0.2) is 0 Å². The molecule has 1 N–H and O–H groups in total. The first-order chi connectivity index (χ1) is 9.78. The molecule has 0 unspecified atom stereocenters. The smallest absolute Gasteiger partial charge is 0.233 e. The highest BCUT2D eigenvalue weighted by molar-refractivity contribution is 8.00. The quantitative estimate of drug-likeness (QED) is 0.865. The molecule has 0 radical (unpaired) electrons. The Morgan fingerprint density at radius 2 is 2.15 bits per heavy atom. The number of aliphatic hydroxyl groups is 1. The minimum atomic E-state index is 0.0446. The molecule has 0 aromatic heterocycles. The summed E-state index contributed by atoms with van der Waals surface area (Å²) in [5, 5.41) is 9.28. The lowest BCUT2D eigenvalue weighted by atomic mass is 10.1. The summed E-state index contributed by atoms with van der Waals surface area (Å²) in [4.78, 5) is 15.3. The molecule has 1 saturated heterocycles. The molecule has 1 aromatic rings. The van der Waals surface area contributed by atoms with E-state index in [4.69, 9.17) is 0 Å². The third-order valence-electron chi connectivity index (χ3n) is 4.34. The highest BCUT2D eigenvalue weighted by atomic mass is 32.2. The zero-order valence-electron chi connectivity index (χ0n) is 11.7. The SMILES string of the molecule is O=C(CSc1ccc2c(c1)CCC2)N1CCC[C@@H]1CO. The van der Waals surface area contributed by atoms with Crippen molar-refractivity contribution in [3.63, 3.8) is 0 Å². The number of nitrogens with zero attached hydrogens (tertiary/aromatic N) is 1. The molecular formula is C16H21NO2S. The van der Waals surface area contributed by atoms with E-state index in [0.717, 1.165) is 19.4 Å². The number of thioether (sulfide) groups is 1. The molecule has 2 aliphatic rings. The third-order valence-corrected chi connectivity index (χ3v) is 5.32. The van der Waals surface area contributed by atoms with Crippen LogP contribution in [-0.4, -0.2) is 40.9 Å². The Balaban J connectivity index is 1.58. The van der Waals surface area contributed by atoms with E-state index in [-0.39, 0.29) is 18.6 Å². The second-order valence-corrected chi connectivity index (χ2v) is 6.69. The van der Waals surface area contributed by atoms with Crippen LogP contribution in [0.2, 0.25) is 0 Å². The molecule has 0 spiro atoms. The van der Waals surface area contributed by atoms with Crippen molar-refractivity contribution < 1.29 is 9.90 Å². The summed E-state index contributed by atoms with van der Waals surface area (Å²) < 4.78 is 0.